The van der Waals surface area contributed by atoms with Crippen LogP contribution in [0, 0.1) is 0 Å². The van der Waals surface area contributed by atoms with Crippen LogP contribution in [0.4, 0.5) is 13.2 Å². The summed E-state index contributed by atoms with van der Waals surface area (Å²) in [5.74, 6) is -1.09. The topological polar surface area (TPSA) is 57.5 Å². The monoisotopic (exact) mass is 280 g/mol. The predicted molar refractivity (Wildman–Crippen MR) is 60.8 cm³/mol. The Bertz CT molecular complexity index is 432. The zero-order chi connectivity index (χ0) is 13.8. The number of alkyl halides is 3. The number of carbonyl (C=O) groups is 1. The third-order valence-corrected chi connectivity index (χ3v) is 3.18. The Balaban J connectivity index is 3.01. The Morgan fingerprint density at radius 2 is 2.00 bits per heavy atom. The van der Waals surface area contributed by atoms with Gasteiger partial charge in [-0.05, 0) is 24.6 Å². The number of aliphatic hydroxyl groups is 1. The Labute approximate surface area is 106 Å². The summed E-state index contributed by atoms with van der Waals surface area (Å²) in [5.41, 5.74) is -1.90. The third-order valence-electron chi connectivity index (χ3n) is 2.10. The maximum absolute atomic E-state index is 12.5. The quantitative estimate of drug-likeness (QED) is 0.643. The first-order chi connectivity index (χ1) is 8.36. The van der Waals surface area contributed by atoms with E-state index in [-0.39, 0.29) is 6.61 Å². The molecular formula is C11H11F3O3S. The Morgan fingerprint density at radius 3 is 2.50 bits per heavy atom. The molecule has 3 nitrogen and oxygen atoms in total. The first-order valence-electron chi connectivity index (χ1n) is 5.04. The van der Waals surface area contributed by atoms with Crippen LogP contribution in [-0.2, 0) is 6.18 Å². The Hall–Kier alpha value is -1.21. The molecule has 0 aliphatic carbocycles. The number of benzene rings is 1. The molecule has 1 aromatic carbocycles. The highest BCUT2D eigenvalue weighted by Gasteiger charge is 2.35. The fourth-order valence-electron chi connectivity index (χ4n) is 1.29. The van der Waals surface area contributed by atoms with Gasteiger partial charge in [-0.15, -0.1) is 11.8 Å². The lowest BCUT2D eigenvalue weighted by atomic mass is 10.1. The molecule has 1 aromatic rings. The second-order valence-electron chi connectivity index (χ2n) is 3.44. The van der Waals surface area contributed by atoms with E-state index in [2.05, 4.69) is 0 Å². The minimum Gasteiger partial charge on any atom is -0.478 e. The molecule has 0 saturated carbocycles. The molecule has 0 atom stereocenters. The van der Waals surface area contributed by atoms with Crippen LogP contribution in [0.1, 0.15) is 22.3 Å². The van der Waals surface area contributed by atoms with E-state index in [1.165, 1.54) is 17.8 Å². The Morgan fingerprint density at radius 1 is 1.33 bits per heavy atom. The van der Waals surface area contributed by atoms with Gasteiger partial charge in [-0.25, -0.2) is 4.79 Å². The molecule has 0 aromatic heterocycles. The molecule has 1 rings (SSSR count). The van der Waals surface area contributed by atoms with Crippen LogP contribution in [0.15, 0.2) is 23.1 Å². The van der Waals surface area contributed by atoms with Gasteiger partial charge in [0.2, 0.25) is 0 Å². The molecule has 0 heterocycles. The van der Waals surface area contributed by atoms with Gasteiger partial charge in [-0.2, -0.15) is 13.2 Å². The highest BCUT2D eigenvalue weighted by atomic mass is 32.2. The summed E-state index contributed by atoms with van der Waals surface area (Å²) < 4.78 is 37.6. The van der Waals surface area contributed by atoms with E-state index in [9.17, 15) is 18.0 Å². The minimum absolute atomic E-state index is 0.0145. The molecule has 0 spiro atoms. The maximum atomic E-state index is 12.5. The fourth-order valence-corrected chi connectivity index (χ4v) is 2.17. The number of hydrogen-bond acceptors (Lipinski definition) is 3. The van der Waals surface area contributed by atoms with Crippen molar-refractivity contribution in [3.8, 4) is 0 Å². The van der Waals surface area contributed by atoms with E-state index in [1.54, 1.807) is 0 Å². The van der Waals surface area contributed by atoms with Crippen molar-refractivity contribution in [1.29, 1.82) is 0 Å². The van der Waals surface area contributed by atoms with Gasteiger partial charge in [0.25, 0.3) is 0 Å². The zero-order valence-corrected chi connectivity index (χ0v) is 10.0. The second kappa shape index (κ2) is 6.10. The number of aromatic carboxylic acids is 1. The smallest absolute Gasteiger partial charge is 0.417 e. The standard InChI is InChI=1S/C11H11F3O3S/c12-11(13,14)9-3-2-7(18-5-1-4-15)6-8(9)10(16)17/h2-3,6,15H,1,4-5H2,(H,16,17). The molecule has 18 heavy (non-hydrogen) atoms. The summed E-state index contributed by atoms with van der Waals surface area (Å²) in [7, 11) is 0. The van der Waals surface area contributed by atoms with Crippen LogP contribution in [0.25, 0.3) is 0 Å². The first-order valence-corrected chi connectivity index (χ1v) is 6.03. The van der Waals surface area contributed by atoms with Crippen molar-refractivity contribution in [2.45, 2.75) is 17.5 Å². The summed E-state index contributed by atoms with van der Waals surface area (Å²) in [5, 5.41) is 17.4. The van der Waals surface area contributed by atoms with Gasteiger partial charge in [0.15, 0.2) is 0 Å². The number of rotatable bonds is 5. The third kappa shape index (κ3) is 3.92. The van der Waals surface area contributed by atoms with Crippen LogP contribution < -0.4 is 0 Å². The van der Waals surface area contributed by atoms with Crippen molar-refractivity contribution in [2.75, 3.05) is 12.4 Å². The first kappa shape index (κ1) is 14.8. The van der Waals surface area contributed by atoms with Crippen molar-refractivity contribution in [3.05, 3.63) is 29.3 Å². The number of aliphatic hydroxyl groups excluding tert-OH is 1. The molecule has 0 aliphatic rings. The lowest BCUT2D eigenvalue weighted by Crippen LogP contribution is -2.12. The lowest BCUT2D eigenvalue weighted by Gasteiger charge is -2.11. The number of thioether (sulfide) groups is 1. The second-order valence-corrected chi connectivity index (χ2v) is 4.60. The van der Waals surface area contributed by atoms with E-state index >= 15 is 0 Å². The summed E-state index contributed by atoms with van der Waals surface area (Å²) in [4.78, 5) is 11.2. The van der Waals surface area contributed by atoms with E-state index in [0.29, 0.717) is 17.1 Å². The highest BCUT2D eigenvalue weighted by molar-refractivity contribution is 7.99. The Kier molecular flexibility index (Phi) is 5.03. The average Bonchev–Trinajstić information content (AvgIpc) is 2.27. The molecule has 100 valence electrons. The summed E-state index contributed by atoms with van der Waals surface area (Å²) in [6.07, 6.45) is -4.18. The number of carboxylic acid groups (broad SMARTS) is 1. The molecule has 0 saturated heterocycles. The molecule has 0 radical (unpaired) electrons. The van der Waals surface area contributed by atoms with Gasteiger partial charge in [0, 0.05) is 17.3 Å². The normalized spacial score (nSPS) is 11.6. The molecule has 0 amide bonds. The largest absolute Gasteiger partial charge is 0.478 e. The van der Waals surface area contributed by atoms with Gasteiger partial charge < -0.3 is 10.2 Å². The van der Waals surface area contributed by atoms with Crippen molar-refractivity contribution in [1.82, 2.24) is 0 Å². The van der Waals surface area contributed by atoms with Crippen molar-refractivity contribution in [3.63, 3.8) is 0 Å². The van der Waals surface area contributed by atoms with Crippen molar-refractivity contribution >= 4 is 17.7 Å². The number of halogens is 3. The molecule has 2 N–H and O–H groups in total. The molecular weight excluding hydrogens is 269 g/mol. The zero-order valence-electron chi connectivity index (χ0n) is 9.20. The van der Waals surface area contributed by atoms with Gasteiger partial charge in [0.1, 0.15) is 0 Å². The molecule has 0 bridgehead atoms. The van der Waals surface area contributed by atoms with Crippen LogP contribution in [0.2, 0.25) is 0 Å². The summed E-state index contributed by atoms with van der Waals surface area (Å²) in [6, 6.07) is 3.01. The van der Waals surface area contributed by atoms with Crippen LogP contribution in [-0.4, -0.2) is 28.5 Å². The van der Waals surface area contributed by atoms with Crippen LogP contribution in [0.5, 0.6) is 0 Å². The maximum Gasteiger partial charge on any atom is 0.417 e. The van der Waals surface area contributed by atoms with Gasteiger partial charge in [-0.1, -0.05) is 0 Å². The number of carboxylic acids is 1. The molecule has 0 unspecified atom stereocenters. The van der Waals surface area contributed by atoms with Crippen LogP contribution >= 0.6 is 11.8 Å². The average molecular weight is 280 g/mol. The van der Waals surface area contributed by atoms with E-state index < -0.39 is 23.3 Å². The number of hydrogen-bond donors (Lipinski definition) is 2. The van der Waals surface area contributed by atoms with Gasteiger partial charge in [-0.3, -0.25) is 0 Å². The molecule has 0 aliphatic heterocycles. The SMILES string of the molecule is O=C(O)c1cc(SCCCO)ccc1C(F)(F)F. The lowest BCUT2D eigenvalue weighted by molar-refractivity contribution is -0.138. The van der Waals surface area contributed by atoms with Crippen molar-refractivity contribution < 1.29 is 28.2 Å². The summed E-state index contributed by atoms with van der Waals surface area (Å²) in [6.45, 7) is -0.0145. The van der Waals surface area contributed by atoms with E-state index in [0.717, 1.165) is 12.1 Å². The molecule has 0 fully saturated rings. The molecule has 7 heteroatoms. The van der Waals surface area contributed by atoms with E-state index in [1.807, 2.05) is 0 Å². The van der Waals surface area contributed by atoms with Crippen molar-refractivity contribution in [2.24, 2.45) is 0 Å². The van der Waals surface area contributed by atoms with Gasteiger partial charge >= 0.3 is 12.1 Å². The highest BCUT2D eigenvalue weighted by Crippen LogP contribution is 2.34. The van der Waals surface area contributed by atoms with Crippen LogP contribution in [0.3, 0.4) is 0 Å². The predicted octanol–water partition coefficient (Wildman–Crippen LogP) is 2.88. The van der Waals surface area contributed by atoms with Gasteiger partial charge in [0.05, 0.1) is 11.1 Å². The minimum atomic E-state index is -4.68. The van der Waals surface area contributed by atoms with E-state index in [4.69, 9.17) is 10.2 Å². The fraction of sp³-hybridized carbons (Fsp3) is 0.364. The summed E-state index contributed by atoms with van der Waals surface area (Å²) >= 11 is 1.21.